The summed E-state index contributed by atoms with van der Waals surface area (Å²) in [6.45, 7) is 6.37. The highest BCUT2D eigenvalue weighted by Crippen LogP contribution is 2.17. The summed E-state index contributed by atoms with van der Waals surface area (Å²) < 4.78 is 6.77. The number of aryl methyl sites for hydroxylation is 1. The summed E-state index contributed by atoms with van der Waals surface area (Å²) in [6, 6.07) is 1.85. The topological polar surface area (TPSA) is 75.9 Å². The second kappa shape index (κ2) is 7.23. The number of likely N-dealkylation sites (tertiary alicyclic amines) is 1. The minimum absolute atomic E-state index is 0.122. The molecule has 1 fully saturated rings. The first-order valence-corrected chi connectivity index (χ1v) is 8.23. The third-order valence-electron chi connectivity index (χ3n) is 4.47. The minimum Gasteiger partial charge on any atom is -0.383 e. The van der Waals surface area contributed by atoms with E-state index in [1.54, 1.807) is 22.6 Å². The fourth-order valence-corrected chi connectivity index (χ4v) is 3.15. The molecule has 8 heteroatoms. The molecule has 130 valence electrons. The van der Waals surface area contributed by atoms with Crippen molar-refractivity contribution in [3.8, 4) is 0 Å². The van der Waals surface area contributed by atoms with Gasteiger partial charge >= 0.3 is 0 Å². The molecule has 1 amide bonds. The molecule has 0 N–H and O–H groups in total. The van der Waals surface area contributed by atoms with Crippen molar-refractivity contribution in [3.63, 3.8) is 0 Å². The largest absolute Gasteiger partial charge is 0.383 e. The molecule has 0 aliphatic carbocycles. The van der Waals surface area contributed by atoms with Crippen molar-refractivity contribution in [2.75, 3.05) is 46.9 Å². The molecular weight excluding hydrogens is 308 g/mol. The van der Waals surface area contributed by atoms with Crippen LogP contribution in [0.3, 0.4) is 0 Å². The molecule has 24 heavy (non-hydrogen) atoms. The van der Waals surface area contributed by atoms with Gasteiger partial charge in [-0.15, -0.1) is 10.2 Å². The Morgan fingerprint density at radius 2 is 2.29 bits per heavy atom. The Hall–Kier alpha value is -2.06. The van der Waals surface area contributed by atoms with Crippen LogP contribution in [0.15, 0.2) is 12.3 Å². The molecule has 1 saturated heterocycles. The average Bonchev–Trinajstić information content (AvgIpc) is 3.18. The normalized spacial score (nSPS) is 18.4. The Morgan fingerprint density at radius 1 is 1.46 bits per heavy atom. The summed E-state index contributed by atoms with van der Waals surface area (Å²) in [6.07, 6.45) is 2.89. The van der Waals surface area contributed by atoms with Crippen LogP contribution in [0.25, 0.3) is 5.78 Å². The number of carbonyl (C=O) groups is 1. The highest BCUT2D eigenvalue weighted by Gasteiger charge is 2.26. The zero-order chi connectivity index (χ0) is 17.1. The molecule has 2 aromatic rings. The van der Waals surface area contributed by atoms with Crippen molar-refractivity contribution in [2.24, 2.45) is 5.92 Å². The number of methoxy groups -OCH3 is 1. The van der Waals surface area contributed by atoms with E-state index in [0.29, 0.717) is 17.5 Å². The molecule has 0 spiro atoms. The maximum Gasteiger partial charge on any atom is 0.291 e. The van der Waals surface area contributed by atoms with Crippen LogP contribution < -0.4 is 0 Å². The van der Waals surface area contributed by atoms with Crippen LogP contribution in [0.2, 0.25) is 0 Å². The van der Waals surface area contributed by atoms with Crippen molar-refractivity contribution in [2.45, 2.75) is 13.3 Å². The lowest BCUT2D eigenvalue weighted by atomic mass is 10.1. The van der Waals surface area contributed by atoms with E-state index in [9.17, 15) is 4.79 Å². The predicted octanol–water partition coefficient (Wildman–Crippen LogP) is 0.473. The number of hydrogen-bond acceptors (Lipinski definition) is 6. The van der Waals surface area contributed by atoms with Crippen LogP contribution >= 0.6 is 0 Å². The summed E-state index contributed by atoms with van der Waals surface area (Å²) in [5.41, 5.74) is 0.851. The molecule has 1 aliphatic rings. The van der Waals surface area contributed by atoms with Gasteiger partial charge in [0.05, 0.1) is 6.61 Å². The van der Waals surface area contributed by atoms with Crippen LogP contribution in [-0.4, -0.2) is 82.2 Å². The van der Waals surface area contributed by atoms with Gasteiger partial charge in [0, 0.05) is 45.7 Å². The minimum atomic E-state index is -0.122. The molecule has 3 rings (SSSR count). The highest BCUT2D eigenvalue weighted by molar-refractivity contribution is 5.91. The zero-order valence-electron chi connectivity index (χ0n) is 14.5. The molecule has 1 aliphatic heterocycles. The first-order valence-electron chi connectivity index (χ1n) is 8.23. The number of aromatic nitrogens is 4. The van der Waals surface area contributed by atoms with E-state index in [2.05, 4.69) is 20.1 Å². The lowest BCUT2D eigenvalue weighted by Crippen LogP contribution is -2.34. The second-order valence-electron chi connectivity index (χ2n) is 6.40. The van der Waals surface area contributed by atoms with Crippen molar-refractivity contribution in [3.05, 3.63) is 23.8 Å². The summed E-state index contributed by atoms with van der Waals surface area (Å²) in [5.74, 6) is 1.13. The van der Waals surface area contributed by atoms with Gasteiger partial charge in [-0.3, -0.25) is 9.20 Å². The Morgan fingerprint density at radius 3 is 3.08 bits per heavy atom. The highest BCUT2D eigenvalue weighted by atomic mass is 16.5. The van der Waals surface area contributed by atoms with E-state index < -0.39 is 0 Å². The van der Waals surface area contributed by atoms with E-state index >= 15 is 0 Å². The van der Waals surface area contributed by atoms with E-state index in [4.69, 9.17) is 4.74 Å². The zero-order valence-corrected chi connectivity index (χ0v) is 14.5. The van der Waals surface area contributed by atoms with Crippen LogP contribution in [0.5, 0.6) is 0 Å². The van der Waals surface area contributed by atoms with Gasteiger partial charge < -0.3 is 14.5 Å². The lowest BCUT2D eigenvalue weighted by Gasteiger charge is -2.21. The third kappa shape index (κ3) is 3.54. The third-order valence-corrected chi connectivity index (χ3v) is 4.47. The molecule has 0 saturated carbocycles. The van der Waals surface area contributed by atoms with Crippen molar-refractivity contribution < 1.29 is 9.53 Å². The first-order chi connectivity index (χ1) is 11.6. The summed E-state index contributed by atoms with van der Waals surface area (Å²) in [7, 11) is 3.54. The van der Waals surface area contributed by atoms with Gasteiger partial charge in [-0.2, -0.15) is 0 Å². The number of rotatable bonds is 6. The fourth-order valence-electron chi connectivity index (χ4n) is 3.15. The van der Waals surface area contributed by atoms with Crippen molar-refractivity contribution >= 4 is 11.7 Å². The van der Waals surface area contributed by atoms with Gasteiger partial charge in [-0.25, -0.2) is 4.98 Å². The second-order valence-corrected chi connectivity index (χ2v) is 6.40. The molecule has 0 unspecified atom stereocenters. The molecule has 3 heterocycles. The number of fused-ring (bicyclic) bond motifs is 1. The Bertz CT molecular complexity index is 716. The maximum absolute atomic E-state index is 12.7. The average molecular weight is 332 g/mol. The van der Waals surface area contributed by atoms with Crippen molar-refractivity contribution in [1.82, 2.24) is 29.4 Å². The van der Waals surface area contributed by atoms with Gasteiger partial charge in [0.15, 0.2) is 0 Å². The van der Waals surface area contributed by atoms with Gasteiger partial charge in [-0.1, -0.05) is 0 Å². The van der Waals surface area contributed by atoms with Crippen LogP contribution in [0.4, 0.5) is 0 Å². The van der Waals surface area contributed by atoms with E-state index in [0.717, 1.165) is 44.9 Å². The van der Waals surface area contributed by atoms with Gasteiger partial charge in [0.25, 0.3) is 11.7 Å². The van der Waals surface area contributed by atoms with Gasteiger partial charge in [-0.05, 0) is 31.9 Å². The molecule has 8 nitrogen and oxygen atoms in total. The Labute approximate surface area is 141 Å². The lowest BCUT2D eigenvalue weighted by molar-refractivity contribution is 0.0758. The molecule has 0 aromatic carbocycles. The predicted molar refractivity (Wildman–Crippen MR) is 88.9 cm³/mol. The number of nitrogens with zero attached hydrogens (tertiary/aromatic N) is 6. The quantitative estimate of drug-likeness (QED) is 0.765. The summed E-state index contributed by atoms with van der Waals surface area (Å²) >= 11 is 0. The SMILES string of the molecule is COCCN1CC[C@@H](CN(C)C(=O)c2nnc3nc(C)ccn23)C1. The summed E-state index contributed by atoms with van der Waals surface area (Å²) in [4.78, 5) is 21.1. The Kier molecular flexibility index (Phi) is 5.06. The van der Waals surface area contributed by atoms with Crippen LogP contribution in [0.1, 0.15) is 22.7 Å². The molecule has 1 atom stereocenters. The maximum atomic E-state index is 12.7. The van der Waals surface area contributed by atoms with Crippen LogP contribution in [-0.2, 0) is 4.74 Å². The fraction of sp³-hybridized carbons (Fsp3) is 0.625. The number of amides is 1. The monoisotopic (exact) mass is 332 g/mol. The number of ether oxygens (including phenoxy) is 1. The van der Waals surface area contributed by atoms with Gasteiger partial charge in [0.2, 0.25) is 5.82 Å². The molecular formula is C16H24N6O2. The molecule has 0 radical (unpaired) electrons. The number of hydrogen-bond donors (Lipinski definition) is 0. The number of carbonyl (C=O) groups excluding carboxylic acids is 1. The Balaban J connectivity index is 1.62. The van der Waals surface area contributed by atoms with Gasteiger partial charge in [0.1, 0.15) is 0 Å². The standard InChI is InChI=1S/C16H24N6O2/c1-12-4-7-22-14(18-19-16(22)17-12)15(23)20(2)10-13-5-6-21(11-13)8-9-24-3/h4,7,13H,5-6,8-11H2,1-3H3/t13-/m0/s1. The van der Waals surface area contributed by atoms with Crippen LogP contribution in [0, 0.1) is 12.8 Å². The van der Waals surface area contributed by atoms with E-state index in [-0.39, 0.29) is 5.91 Å². The van der Waals surface area contributed by atoms with E-state index in [1.165, 1.54) is 0 Å². The molecule has 2 aromatic heterocycles. The van der Waals surface area contributed by atoms with Crippen molar-refractivity contribution in [1.29, 1.82) is 0 Å². The van der Waals surface area contributed by atoms with E-state index in [1.807, 2.05) is 20.0 Å². The first kappa shape index (κ1) is 16.8. The smallest absolute Gasteiger partial charge is 0.291 e. The molecule has 0 bridgehead atoms. The summed E-state index contributed by atoms with van der Waals surface area (Å²) in [5, 5.41) is 8.01.